The number of furan rings is 1. The van der Waals surface area contributed by atoms with Crippen LogP contribution < -0.4 is 10.6 Å². The minimum absolute atomic E-state index is 0.0513. The SMILES string of the molecule is O=C(C=Cc1ccco1)NCC1Cc2c(sc(NC(=O)C(=O)O)c2C(=O)O)CO1. The third-order valence-electron chi connectivity index (χ3n) is 4.05. The summed E-state index contributed by atoms with van der Waals surface area (Å²) in [5, 5.41) is 22.9. The van der Waals surface area contributed by atoms with Crippen molar-refractivity contribution in [3.63, 3.8) is 0 Å². The fraction of sp³-hybridized carbons (Fsp3) is 0.222. The maximum Gasteiger partial charge on any atom is 0.394 e. The van der Waals surface area contributed by atoms with Crippen molar-refractivity contribution < 1.29 is 38.5 Å². The fourth-order valence-corrected chi connectivity index (χ4v) is 3.88. The zero-order valence-corrected chi connectivity index (χ0v) is 15.7. The summed E-state index contributed by atoms with van der Waals surface area (Å²) in [6.45, 7) is 0.235. The average molecular weight is 420 g/mol. The van der Waals surface area contributed by atoms with Crippen molar-refractivity contribution in [2.75, 3.05) is 11.9 Å². The highest BCUT2D eigenvalue weighted by atomic mass is 32.1. The Labute approximate surface area is 167 Å². The fourth-order valence-electron chi connectivity index (χ4n) is 2.74. The third-order valence-corrected chi connectivity index (χ3v) is 5.17. The highest BCUT2D eigenvalue weighted by molar-refractivity contribution is 7.17. The molecule has 3 heterocycles. The van der Waals surface area contributed by atoms with E-state index < -0.39 is 23.9 Å². The van der Waals surface area contributed by atoms with Gasteiger partial charge in [-0.25, -0.2) is 9.59 Å². The van der Waals surface area contributed by atoms with Crippen LogP contribution in [0.25, 0.3) is 6.08 Å². The molecule has 29 heavy (non-hydrogen) atoms. The zero-order valence-electron chi connectivity index (χ0n) is 14.8. The maximum atomic E-state index is 11.9. The molecule has 0 fully saturated rings. The molecule has 1 unspecified atom stereocenters. The Morgan fingerprint density at radius 3 is 2.72 bits per heavy atom. The van der Waals surface area contributed by atoms with Gasteiger partial charge < -0.3 is 30.0 Å². The van der Waals surface area contributed by atoms with E-state index in [0.29, 0.717) is 16.2 Å². The largest absolute Gasteiger partial charge is 0.478 e. The molecule has 0 bridgehead atoms. The molecule has 0 radical (unpaired) electrons. The molecule has 1 aliphatic rings. The summed E-state index contributed by atoms with van der Waals surface area (Å²) in [5.74, 6) is -4.16. The van der Waals surface area contributed by atoms with Gasteiger partial charge in [-0.15, -0.1) is 11.3 Å². The van der Waals surface area contributed by atoms with E-state index in [0.717, 1.165) is 11.3 Å². The van der Waals surface area contributed by atoms with Crippen LogP contribution in [0.15, 0.2) is 28.9 Å². The van der Waals surface area contributed by atoms with Crippen LogP contribution in [-0.2, 0) is 32.1 Å². The lowest BCUT2D eigenvalue weighted by Gasteiger charge is -2.23. The molecule has 2 amide bonds. The van der Waals surface area contributed by atoms with Gasteiger partial charge in [0, 0.05) is 23.9 Å². The van der Waals surface area contributed by atoms with E-state index in [-0.39, 0.29) is 36.0 Å². The first-order chi connectivity index (χ1) is 13.8. The molecular weight excluding hydrogens is 404 g/mol. The number of hydrogen-bond acceptors (Lipinski definition) is 7. The number of carboxylic acid groups (broad SMARTS) is 2. The number of aliphatic carboxylic acids is 1. The molecule has 0 saturated heterocycles. The molecular formula is C18H16N2O8S. The lowest BCUT2D eigenvalue weighted by atomic mass is 10.0. The summed E-state index contributed by atoms with van der Waals surface area (Å²) in [6, 6.07) is 3.39. The molecule has 1 atom stereocenters. The van der Waals surface area contributed by atoms with Crippen LogP contribution in [0.1, 0.15) is 26.6 Å². The Hall–Kier alpha value is -3.44. The number of carbonyl (C=O) groups is 4. The third kappa shape index (κ3) is 4.89. The maximum absolute atomic E-state index is 11.9. The molecule has 0 spiro atoms. The minimum atomic E-state index is -1.72. The normalized spacial score (nSPS) is 15.7. The Morgan fingerprint density at radius 2 is 2.07 bits per heavy atom. The van der Waals surface area contributed by atoms with E-state index in [1.54, 1.807) is 12.1 Å². The molecule has 152 valence electrons. The second-order valence-electron chi connectivity index (χ2n) is 6.00. The van der Waals surface area contributed by atoms with Crippen LogP contribution in [0.3, 0.4) is 0 Å². The van der Waals surface area contributed by atoms with Crippen molar-refractivity contribution in [1.82, 2.24) is 5.32 Å². The van der Waals surface area contributed by atoms with Crippen LogP contribution in [-0.4, -0.2) is 46.6 Å². The Morgan fingerprint density at radius 1 is 1.28 bits per heavy atom. The number of carboxylic acids is 2. The first kappa shape index (κ1) is 20.3. The molecule has 0 aromatic carbocycles. The number of hydrogen-bond donors (Lipinski definition) is 4. The van der Waals surface area contributed by atoms with Gasteiger partial charge in [0.1, 0.15) is 10.8 Å². The van der Waals surface area contributed by atoms with Crippen LogP contribution in [0.2, 0.25) is 0 Å². The molecule has 11 heteroatoms. The Balaban J connectivity index is 1.65. The van der Waals surface area contributed by atoms with Gasteiger partial charge in [-0.2, -0.15) is 0 Å². The van der Waals surface area contributed by atoms with E-state index in [2.05, 4.69) is 10.6 Å². The topological polar surface area (TPSA) is 155 Å². The molecule has 2 aromatic heterocycles. The molecule has 3 rings (SSSR count). The van der Waals surface area contributed by atoms with Crippen LogP contribution >= 0.6 is 11.3 Å². The highest BCUT2D eigenvalue weighted by Gasteiger charge is 2.31. The van der Waals surface area contributed by atoms with Crippen LogP contribution in [0, 0.1) is 0 Å². The second kappa shape index (κ2) is 8.71. The number of amides is 2. The second-order valence-corrected chi connectivity index (χ2v) is 7.11. The van der Waals surface area contributed by atoms with E-state index in [4.69, 9.17) is 14.3 Å². The summed E-state index contributed by atoms with van der Waals surface area (Å²) in [6.07, 6.45) is 4.02. The Bertz CT molecular complexity index is 976. The predicted octanol–water partition coefficient (Wildman–Crippen LogP) is 1.33. The van der Waals surface area contributed by atoms with Crippen LogP contribution in [0.5, 0.6) is 0 Å². The van der Waals surface area contributed by atoms with Crippen LogP contribution in [0.4, 0.5) is 5.00 Å². The number of anilines is 1. The van der Waals surface area contributed by atoms with Gasteiger partial charge in [0.25, 0.3) is 0 Å². The standard InChI is InChI=1S/C18H16N2O8S/c21-13(4-3-9-2-1-5-27-9)19-7-10-6-11-12(8-28-10)29-16(14(11)17(23)24)20-15(22)18(25)26/h1-5,10H,6-8H2,(H,19,21)(H,20,22)(H,23,24)(H,25,26). The van der Waals surface area contributed by atoms with E-state index >= 15 is 0 Å². The van der Waals surface area contributed by atoms with Gasteiger partial charge in [0.15, 0.2) is 0 Å². The average Bonchev–Trinajstić information content (AvgIpc) is 3.31. The van der Waals surface area contributed by atoms with Crippen molar-refractivity contribution in [3.05, 3.63) is 46.2 Å². The van der Waals surface area contributed by atoms with Gasteiger partial charge >= 0.3 is 17.8 Å². The number of ether oxygens (including phenoxy) is 1. The number of nitrogens with one attached hydrogen (secondary N) is 2. The van der Waals surface area contributed by atoms with Crippen molar-refractivity contribution >= 4 is 46.2 Å². The predicted molar refractivity (Wildman–Crippen MR) is 101 cm³/mol. The summed E-state index contributed by atoms with van der Waals surface area (Å²) in [4.78, 5) is 46.3. The van der Waals surface area contributed by atoms with Gasteiger partial charge in [-0.3, -0.25) is 9.59 Å². The summed E-state index contributed by atoms with van der Waals surface area (Å²) in [5.41, 5.74) is 0.303. The number of carbonyl (C=O) groups excluding carboxylic acids is 2. The molecule has 4 N–H and O–H groups in total. The first-order valence-electron chi connectivity index (χ1n) is 8.38. The quantitative estimate of drug-likeness (QED) is 0.403. The number of fused-ring (bicyclic) bond motifs is 1. The summed E-state index contributed by atoms with van der Waals surface area (Å²) in [7, 11) is 0. The van der Waals surface area contributed by atoms with Crippen molar-refractivity contribution in [1.29, 1.82) is 0 Å². The van der Waals surface area contributed by atoms with Gasteiger partial charge in [0.05, 0.1) is 24.5 Å². The molecule has 0 aliphatic carbocycles. The molecule has 2 aromatic rings. The number of thiophene rings is 1. The van der Waals surface area contributed by atoms with E-state index in [1.807, 2.05) is 0 Å². The van der Waals surface area contributed by atoms with E-state index in [9.17, 15) is 24.3 Å². The van der Waals surface area contributed by atoms with E-state index in [1.165, 1.54) is 18.4 Å². The highest BCUT2D eigenvalue weighted by Crippen LogP contribution is 2.37. The molecule has 10 nitrogen and oxygen atoms in total. The number of rotatable bonds is 6. The zero-order chi connectivity index (χ0) is 21.0. The van der Waals surface area contributed by atoms with Crippen molar-refractivity contribution in [2.24, 2.45) is 0 Å². The molecule has 0 saturated carbocycles. The number of aromatic carboxylic acids is 1. The Kier molecular flexibility index (Phi) is 6.10. The summed E-state index contributed by atoms with van der Waals surface area (Å²) >= 11 is 0.959. The lowest BCUT2D eigenvalue weighted by Crippen LogP contribution is -2.36. The van der Waals surface area contributed by atoms with Crippen molar-refractivity contribution in [2.45, 2.75) is 19.1 Å². The van der Waals surface area contributed by atoms with Gasteiger partial charge in [0.2, 0.25) is 5.91 Å². The van der Waals surface area contributed by atoms with Gasteiger partial charge in [-0.05, 0) is 23.8 Å². The smallest absolute Gasteiger partial charge is 0.394 e. The monoisotopic (exact) mass is 420 g/mol. The first-order valence-corrected chi connectivity index (χ1v) is 9.20. The molecule has 1 aliphatic heterocycles. The summed E-state index contributed by atoms with van der Waals surface area (Å²) < 4.78 is 10.7. The van der Waals surface area contributed by atoms with Crippen molar-refractivity contribution in [3.8, 4) is 0 Å². The lowest BCUT2D eigenvalue weighted by molar-refractivity contribution is -0.147. The van der Waals surface area contributed by atoms with Gasteiger partial charge in [-0.1, -0.05) is 0 Å². The minimum Gasteiger partial charge on any atom is -0.478 e.